The highest BCUT2D eigenvalue weighted by Gasteiger charge is 2.33. The summed E-state index contributed by atoms with van der Waals surface area (Å²) >= 11 is 0. The minimum absolute atomic E-state index is 0.0587. The molecule has 0 saturated carbocycles. The fourth-order valence-electron chi connectivity index (χ4n) is 3.31. The van der Waals surface area contributed by atoms with Gasteiger partial charge < -0.3 is 19.6 Å². The second-order valence-electron chi connectivity index (χ2n) is 6.56. The Morgan fingerprint density at radius 2 is 2.00 bits per heavy atom. The number of piperidine rings is 1. The molecule has 1 saturated heterocycles. The van der Waals surface area contributed by atoms with Crippen LogP contribution in [0.15, 0.2) is 12.1 Å². The number of rotatable bonds is 5. The maximum absolute atomic E-state index is 14.4. The number of ether oxygens (including phenoxy) is 1. The molecule has 0 radical (unpaired) electrons. The molecular formula is C17H24F2N2O3. The number of halogens is 2. The van der Waals surface area contributed by atoms with Gasteiger partial charge in [0.2, 0.25) is 0 Å². The summed E-state index contributed by atoms with van der Waals surface area (Å²) in [5.41, 5.74) is -0.600. The molecule has 1 heterocycles. The van der Waals surface area contributed by atoms with Crippen LogP contribution in [0, 0.1) is 23.5 Å². The number of benzene rings is 1. The Kier molecular flexibility index (Phi) is 6.12. The van der Waals surface area contributed by atoms with Gasteiger partial charge in [0.05, 0.1) is 7.11 Å². The molecule has 2 rings (SSSR count). The van der Waals surface area contributed by atoms with Crippen molar-refractivity contribution in [1.82, 2.24) is 9.80 Å². The van der Waals surface area contributed by atoms with Crippen molar-refractivity contribution in [2.45, 2.75) is 6.42 Å². The Hall–Kier alpha value is -1.73. The Labute approximate surface area is 140 Å². The van der Waals surface area contributed by atoms with Crippen LogP contribution in [-0.4, -0.2) is 68.3 Å². The topological polar surface area (TPSA) is 53.0 Å². The van der Waals surface area contributed by atoms with E-state index in [9.17, 15) is 18.7 Å². The van der Waals surface area contributed by atoms with E-state index in [1.54, 1.807) is 0 Å². The first kappa shape index (κ1) is 18.6. The molecular weight excluding hydrogens is 318 g/mol. The number of methoxy groups -OCH3 is 1. The largest absolute Gasteiger partial charge is 0.494 e. The van der Waals surface area contributed by atoms with Crippen molar-refractivity contribution in [2.75, 3.05) is 47.4 Å². The van der Waals surface area contributed by atoms with Gasteiger partial charge in [-0.3, -0.25) is 4.79 Å². The van der Waals surface area contributed by atoms with Crippen LogP contribution in [0.2, 0.25) is 0 Å². The van der Waals surface area contributed by atoms with Gasteiger partial charge in [-0.15, -0.1) is 0 Å². The normalized spacial score (nSPS) is 21.2. The number of likely N-dealkylation sites (tertiary alicyclic amines) is 1. The molecule has 1 aromatic carbocycles. The molecule has 0 spiro atoms. The van der Waals surface area contributed by atoms with Crippen LogP contribution in [0.5, 0.6) is 5.75 Å². The highest BCUT2D eigenvalue weighted by molar-refractivity contribution is 5.95. The molecule has 5 nitrogen and oxygen atoms in total. The molecule has 0 aliphatic carbocycles. The van der Waals surface area contributed by atoms with Crippen LogP contribution in [0.4, 0.5) is 8.78 Å². The first-order chi connectivity index (χ1) is 11.4. The number of aliphatic hydroxyl groups is 1. The third-order valence-corrected chi connectivity index (χ3v) is 4.28. The lowest BCUT2D eigenvalue weighted by Crippen LogP contribution is -2.47. The van der Waals surface area contributed by atoms with Gasteiger partial charge >= 0.3 is 0 Å². The highest BCUT2D eigenvalue weighted by atomic mass is 19.1. The molecule has 1 aliphatic heterocycles. The van der Waals surface area contributed by atoms with E-state index >= 15 is 0 Å². The lowest BCUT2D eigenvalue weighted by Gasteiger charge is -2.38. The van der Waals surface area contributed by atoms with Crippen LogP contribution < -0.4 is 4.74 Å². The van der Waals surface area contributed by atoms with E-state index in [-0.39, 0.29) is 30.7 Å². The Morgan fingerprint density at radius 1 is 1.33 bits per heavy atom. The Balaban J connectivity index is 2.27. The van der Waals surface area contributed by atoms with Gasteiger partial charge in [0.25, 0.3) is 5.91 Å². The minimum atomic E-state index is -0.988. The molecule has 0 unspecified atom stereocenters. The summed E-state index contributed by atoms with van der Waals surface area (Å²) in [7, 11) is 5.12. The summed E-state index contributed by atoms with van der Waals surface area (Å²) in [6.45, 7) is 1.37. The SMILES string of the molecule is COc1ccc(F)c(C(=O)N2C[C@H](CO)C[C@H](CN(C)C)C2)c1F. The average Bonchev–Trinajstić information content (AvgIpc) is 2.54. The van der Waals surface area contributed by atoms with Crippen LogP contribution in [-0.2, 0) is 0 Å². The summed E-state index contributed by atoms with van der Waals surface area (Å²) in [6.07, 6.45) is 0.779. The lowest BCUT2D eigenvalue weighted by atomic mass is 9.89. The van der Waals surface area contributed by atoms with Crippen molar-refractivity contribution >= 4 is 5.91 Å². The van der Waals surface area contributed by atoms with Crippen LogP contribution in [0.1, 0.15) is 16.8 Å². The van der Waals surface area contributed by atoms with Crippen LogP contribution in [0.25, 0.3) is 0 Å². The summed E-state index contributed by atoms with van der Waals surface area (Å²) < 4.78 is 33.2. The Bertz CT molecular complexity index is 595. The van der Waals surface area contributed by atoms with Crippen molar-refractivity contribution in [3.8, 4) is 5.75 Å². The zero-order valence-electron chi connectivity index (χ0n) is 14.3. The van der Waals surface area contributed by atoms with Crippen LogP contribution >= 0.6 is 0 Å². The third-order valence-electron chi connectivity index (χ3n) is 4.28. The summed E-state index contributed by atoms with van der Waals surface area (Å²) in [5.74, 6) is -2.71. The molecule has 24 heavy (non-hydrogen) atoms. The number of amides is 1. The number of hydrogen-bond donors (Lipinski definition) is 1. The van der Waals surface area contributed by atoms with Gasteiger partial charge in [-0.25, -0.2) is 8.78 Å². The quantitative estimate of drug-likeness (QED) is 0.883. The summed E-state index contributed by atoms with van der Waals surface area (Å²) in [4.78, 5) is 16.1. The van der Waals surface area contributed by atoms with Gasteiger partial charge in [-0.1, -0.05) is 0 Å². The van der Waals surface area contributed by atoms with E-state index in [0.717, 1.165) is 25.1 Å². The zero-order chi connectivity index (χ0) is 17.9. The summed E-state index contributed by atoms with van der Waals surface area (Å²) in [6, 6.07) is 2.18. The van der Waals surface area contributed by atoms with Crippen LogP contribution in [0.3, 0.4) is 0 Å². The van der Waals surface area contributed by atoms with Gasteiger partial charge in [-0.05, 0) is 44.5 Å². The monoisotopic (exact) mass is 342 g/mol. The molecule has 134 valence electrons. The number of carbonyl (C=O) groups excluding carboxylic acids is 1. The van der Waals surface area contributed by atoms with Crippen molar-refractivity contribution in [1.29, 1.82) is 0 Å². The number of nitrogens with zero attached hydrogens (tertiary/aromatic N) is 2. The predicted octanol–water partition coefficient (Wildman–Crippen LogP) is 1.61. The van der Waals surface area contributed by atoms with E-state index < -0.39 is 23.1 Å². The molecule has 1 fully saturated rings. The molecule has 1 aliphatic rings. The average molecular weight is 342 g/mol. The van der Waals surface area contributed by atoms with E-state index in [1.165, 1.54) is 12.0 Å². The zero-order valence-corrected chi connectivity index (χ0v) is 14.3. The maximum atomic E-state index is 14.4. The van der Waals surface area contributed by atoms with Gasteiger partial charge in [-0.2, -0.15) is 0 Å². The smallest absolute Gasteiger partial charge is 0.259 e. The molecule has 7 heteroatoms. The standard InChI is InChI=1S/C17H24F2N2O3/c1-20(2)7-11-6-12(10-22)9-21(8-11)17(23)15-13(18)4-5-14(24-3)16(15)19/h4-5,11-12,22H,6-10H2,1-3H3/t11-,12-/m1/s1. The first-order valence-electron chi connectivity index (χ1n) is 7.94. The van der Waals surface area contributed by atoms with E-state index in [1.807, 2.05) is 19.0 Å². The molecule has 1 aromatic rings. The molecule has 0 bridgehead atoms. The maximum Gasteiger partial charge on any atom is 0.259 e. The minimum Gasteiger partial charge on any atom is -0.494 e. The second kappa shape index (κ2) is 7.90. The molecule has 2 atom stereocenters. The lowest BCUT2D eigenvalue weighted by molar-refractivity contribution is 0.0469. The van der Waals surface area contributed by atoms with E-state index in [2.05, 4.69) is 0 Å². The summed E-state index contributed by atoms with van der Waals surface area (Å²) in [5, 5.41) is 9.48. The predicted molar refractivity (Wildman–Crippen MR) is 86.1 cm³/mol. The fourth-order valence-corrected chi connectivity index (χ4v) is 3.31. The van der Waals surface area contributed by atoms with Crippen molar-refractivity contribution < 1.29 is 23.4 Å². The van der Waals surface area contributed by atoms with E-state index in [0.29, 0.717) is 6.54 Å². The van der Waals surface area contributed by atoms with Crippen molar-refractivity contribution in [3.63, 3.8) is 0 Å². The third kappa shape index (κ3) is 4.02. The first-order valence-corrected chi connectivity index (χ1v) is 7.94. The molecule has 0 aromatic heterocycles. The molecule has 1 N–H and O–H groups in total. The van der Waals surface area contributed by atoms with E-state index in [4.69, 9.17) is 4.74 Å². The van der Waals surface area contributed by atoms with Gasteiger partial charge in [0, 0.05) is 26.2 Å². The number of aliphatic hydroxyl groups excluding tert-OH is 1. The molecule has 1 amide bonds. The Morgan fingerprint density at radius 3 is 2.58 bits per heavy atom. The van der Waals surface area contributed by atoms with Crippen molar-refractivity contribution in [3.05, 3.63) is 29.3 Å². The second-order valence-corrected chi connectivity index (χ2v) is 6.56. The van der Waals surface area contributed by atoms with Gasteiger partial charge in [0.15, 0.2) is 11.6 Å². The van der Waals surface area contributed by atoms with Gasteiger partial charge in [0.1, 0.15) is 11.4 Å². The number of carbonyl (C=O) groups is 1. The highest BCUT2D eigenvalue weighted by Crippen LogP contribution is 2.28. The fraction of sp³-hybridized carbons (Fsp3) is 0.588. The number of hydrogen-bond acceptors (Lipinski definition) is 4. The van der Waals surface area contributed by atoms with Crippen molar-refractivity contribution in [2.24, 2.45) is 11.8 Å².